The van der Waals surface area contributed by atoms with Crippen molar-refractivity contribution in [3.63, 3.8) is 0 Å². The number of halogens is 1. The van der Waals surface area contributed by atoms with Gasteiger partial charge in [0.2, 0.25) is 5.13 Å². The number of para-hydroxylation sites is 1. The Kier molecular flexibility index (Phi) is 5.90. The van der Waals surface area contributed by atoms with Crippen LogP contribution in [0.4, 0.5) is 10.8 Å². The number of hydrazone groups is 1. The number of hydrogen-bond acceptors (Lipinski definition) is 8. The Labute approximate surface area is 222 Å². The van der Waals surface area contributed by atoms with Crippen molar-refractivity contribution in [2.45, 2.75) is 12.5 Å². The van der Waals surface area contributed by atoms with Gasteiger partial charge in [0.1, 0.15) is 5.58 Å². The maximum absolute atomic E-state index is 12.9. The van der Waals surface area contributed by atoms with E-state index in [0.717, 1.165) is 26.7 Å². The van der Waals surface area contributed by atoms with Gasteiger partial charge < -0.3 is 4.42 Å². The summed E-state index contributed by atoms with van der Waals surface area (Å²) in [5.74, 6) is 0. The van der Waals surface area contributed by atoms with E-state index < -0.39 is 10.5 Å². The molecule has 10 heteroatoms. The molecule has 8 nitrogen and oxygen atoms in total. The van der Waals surface area contributed by atoms with Gasteiger partial charge in [0.05, 0.1) is 27.9 Å². The second-order valence-electron chi connectivity index (χ2n) is 8.47. The summed E-state index contributed by atoms with van der Waals surface area (Å²) in [5.41, 5.74) is 3.63. The molecule has 0 N–H and O–H groups in total. The van der Waals surface area contributed by atoms with Crippen molar-refractivity contribution in [3.05, 3.63) is 120 Å². The summed E-state index contributed by atoms with van der Waals surface area (Å²) in [6.07, 6.45) is 0.411. The van der Waals surface area contributed by atoms with Crippen LogP contribution in [0.1, 0.15) is 23.6 Å². The number of nitrogens with zero attached hydrogens (tertiary/aromatic N) is 4. The fourth-order valence-corrected chi connectivity index (χ4v) is 5.41. The number of nitro benzene ring substituents is 1. The topological polar surface area (TPSA) is 102 Å². The summed E-state index contributed by atoms with van der Waals surface area (Å²) in [7, 11) is 0. The fourth-order valence-electron chi connectivity index (χ4n) is 4.31. The molecular formula is C27H17BrN4O4S. The number of rotatable bonds is 5. The predicted octanol–water partition coefficient (Wildman–Crippen LogP) is 6.94. The molecule has 0 radical (unpaired) electrons. The summed E-state index contributed by atoms with van der Waals surface area (Å²) in [6, 6.07) is 23.1. The summed E-state index contributed by atoms with van der Waals surface area (Å²) < 4.78 is 6.53. The van der Waals surface area contributed by atoms with Gasteiger partial charge in [-0.25, -0.2) is 14.8 Å². The quantitative estimate of drug-likeness (QED) is 0.128. The molecular weight excluding hydrogens is 556 g/mol. The number of nitro groups is 1. The molecule has 1 aliphatic rings. The van der Waals surface area contributed by atoms with Crippen LogP contribution in [0.3, 0.4) is 0 Å². The molecule has 2 aromatic heterocycles. The van der Waals surface area contributed by atoms with E-state index in [2.05, 4.69) is 15.9 Å². The van der Waals surface area contributed by atoms with Gasteiger partial charge >= 0.3 is 5.63 Å². The monoisotopic (exact) mass is 572 g/mol. The number of anilines is 1. The van der Waals surface area contributed by atoms with Gasteiger partial charge in [0, 0.05) is 39.4 Å². The third-order valence-corrected chi connectivity index (χ3v) is 7.54. The van der Waals surface area contributed by atoms with Crippen LogP contribution < -0.4 is 10.6 Å². The number of benzene rings is 3. The zero-order valence-electron chi connectivity index (χ0n) is 19.1. The second-order valence-corrected chi connectivity index (χ2v) is 10.2. The Morgan fingerprint density at radius 1 is 1.05 bits per heavy atom. The molecule has 6 rings (SSSR count). The molecule has 0 aliphatic carbocycles. The molecule has 3 aromatic carbocycles. The van der Waals surface area contributed by atoms with Crippen LogP contribution in [0.2, 0.25) is 0 Å². The minimum Gasteiger partial charge on any atom is -0.422 e. The third kappa shape index (κ3) is 4.45. The van der Waals surface area contributed by atoms with Gasteiger partial charge in [-0.15, -0.1) is 11.3 Å². The van der Waals surface area contributed by atoms with E-state index in [1.165, 1.54) is 23.5 Å². The van der Waals surface area contributed by atoms with Crippen LogP contribution in [0.15, 0.2) is 103 Å². The first-order chi connectivity index (χ1) is 18.0. The lowest BCUT2D eigenvalue weighted by atomic mass is 9.98. The van der Waals surface area contributed by atoms with Gasteiger partial charge in [0.15, 0.2) is 0 Å². The van der Waals surface area contributed by atoms with Gasteiger partial charge in [-0.1, -0.05) is 58.4 Å². The third-order valence-electron chi connectivity index (χ3n) is 6.18. The molecule has 1 unspecified atom stereocenters. The lowest BCUT2D eigenvalue weighted by molar-refractivity contribution is -0.384. The van der Waals surface area contributed by atoms with Crippen molar-refractivity contribution in [1.29, 1.82) is 0 Å². The van der Waals surface area contributed by atoms with Crippen molar-refractivity contribution in [3.8, 4) is 11.3 Å². The minimum atomic E-state index is -0.462. The van der Waals surface area contributed by atoms with Crippen LogP contribution in [0, 0.1) is 10.1 Å². The fraction of sp³-hybridized carbons (Fsp3) is 0.0741. The van der Waals surface area contributed by atoms with E-state index in [1.54, 1.807) is 29.3 Å². The molecule has 5 aromatic rings. The van der Waals surface area contributed by atoms with Gasteiger partial charge in [-0.05, 0) is 29.8 Å². The highest BCUT2D eigenvalue weighted by molar-refractivity contribution is 9.10. The molecule has 0 saturated heterocycles. The van der Waals surface area contributed by atoms with Crippen LogP contribution >= 0.6 is 27.3 Å². The van der Waals surface area contributed by atoms with Crippen LogP contribution in [-0.4, -0.2) is 15.6 Å². The highest BCUT2D eigenvalue weighted by atomic mass is 79.9. The summed E-state index contributed by atoms with van der Waals surface area (Å²) in [6.45, 7) is 0. The Balaban J connectivity index is 1.43. The normalized spacial score (nSPS) is 15.2. The van der Waals surface area contributed by atoms with Crippen molar-refractivity contribution in [2.75, 3.05) is 5.01 Å². The SMILES string of the molecule is O=c1oc2ccccc2cc1C1=NN(c2nc(-c3ccc(Br)cc3)cs2)C(c2ccc([N+](=O)[O-])cc2)C1. The molecule has 182 valence electrons. The van der Waals surface area contributed by atoms with Gasteiger partial charge in [-0.2, -0.15) is 5.10 Å². The van der Waals surface area contributed by atoms with E-state index in [0.29, 0.717) is 28.4 Å². The molecule has 3 heterocycles. The number of fused-ring (bicyclic) bond motifs is 1. The van der Waals surface area contributed by atoms with E-state index in [1.807, 2.05) is 47.8 Å². The highest BCUT2D eigenvalue weighted by Crippen LogP contribution is 2.39. The Morgan fingerprint density at radius 2 is 1.81 bits per heavy atom. The molecule has 0 saturated carbocycles. The zero-order chi connectivity index (χ0) is 25.5. The summed E-state index contributed by atoms with van der Waals surface area (Å²) >= 11 is 4.90. The first kappa shape index (κ1) is 23.3. The molecule has 0 bridgehead atoms. The number of non-ortho nitro benzene ring substituents is 1. The van der Waals surface area contributed by atoms with Crippen molar-refractivity contribution in [1.82, 2.24) is 4.98 Å². The van der Waals surface area contributed by atoms with Gasteiger partial charge in [0.25, 0.3) is 5.69 Å². The first-order valence-electron chi connectivity index (χ1n) is 11.3. The first-order valence-corrected chi connectivity index (χ1v) is 13.0. The average Bonchev–Trinajstić information content (AvgIpc) is 3.57. The van der Waals surface area contributed by atoms with E-state index in [-0.39, 0.29) is 11.7 Å². The lowest BCUT2D eigenvalue weighted by Crippen LogP contribution is -2.18. The number of aromatic nitrogens is 1. The van der Waals surface area contributed by atoms with Crippen LogP contribution in [0.5, 0.6) is 0 Å². The Hall–Kier alpha value is -4.15. The molecule has 37 heavy (non-hydrogen) atoms. The van der Waals surface area contributed by atoms with E-state index in [4.69, 9.17) is 14.5 Å². The average molecular weight is 573 g/mol. The smallest absolute Gasteiger partial charge is 0.345 e. The minimum absolute atomic E-state index is 0.0105. The summed E-state index contributed by atoms with van der Waals surface area (Å²) in [4.78, 5) is 28.5. The van der Waals surface area contributed by atoms with Gasteiger partial charge in [-0.3, -0.25) is 10.1 Å². The van der Waals surface area contributed by atoms with E-state index >= 15 is 0 Å². The maximum Gasteiger partial charge on any atom is 0.345 e. The predicted molar refractivity (Wildman–Crippen MR) is 147 cm³/mol. The molecule has 1 atom stereocenters. The number of hydrogen-bond donors (Lipinski definition) is 0. The van der Waals surface area contributed by atoms with Crippen molar-refractivity contribution in [2.24, 2.45) is 5.10 Å². The lowest BCUT2D eigenvalue weighted by Gasteiger charge is -2.21. The Bertz CT molecular complexity index is 1730. The van der Waals surface area contributed by atoms with Crippen LogP contribution in [-0.2, 0) is 0 Å². The van der Waals surface area contributed by atoms with Crippen molar-refractivity contribution >= 4 is 54.8 Å². The zero-order valence-corrected chi connectivity index (χ0v) is 21.5. The molecule has 1 aliphatic heterocycles. The summed E-state index contributed by atoms with van der Waals surface area (Å²) in [5, 5.41) is 21.2. The standard InChI is InChI=1S/C27H17BrN4O4S/c28-19-9-5-16(6-10-19)23-15-37-27(29-23)31-24(17-7-11-20(12-8-17)32(34)35)14-22(30-31)21-13-18-3-1-2-4-25(18)36-26(21)33/h1-13,15,24H,14H2. The van der Waals surface area contributed by atoms with Crippen LogP contribution in [0.25, 0.3) is 22.2 Å². The largest absolute Gasteiger partial charge is 0.422 e. The molecule has 0 fully saturated rings. The second kappa shape index (κ2) is 9.38. The Morgan fingerprint density at radius 3 is 2.57 bits per heavy atom. The van der Waals surface area contributed by atoms with E-state index in [9.17, 15) is 14.9 Å². The highest BCUT2D eigenvalue weighted by Gasteiger charge is 2.33. The van der Waals surface area contributed by atoms with Crippen molar-refractivity contribution < 1.29 is 9.34 Å². The molecule has 0 amide bonds. The maximum atomic E-state index is 12.9. The number of thiazole rings is 1. The molecule has 0 spiro atoms.